The number of anilines is 4. The molecule has 0 spiro atoms. The number of aryl methyl sites for hydroxylation is 1. The first-order chi connectivity index (χ1) is 34.3. The average Bonchev–Trinajstić information content (AvgIpc) is 3.78. The monoisotopic (exact) mass is 975 g/mol. The number of likely N-dealkylation sites (tertiary alicyclic amines) is 1. The lowest BCUT2D eigenvalue weighted by atomic mass is 9.84. The zero-order valence-corrected chi connectivity index (χ0v) is 40.8. The van der Waals surface area contributed by atoms with Crippen LogP contribution in [-0.4, -0.2) is 95.1 Å². The number of thiazole rings is 1. The van der Waals surface area contributed by atoms with Crippen molar-refractivity contribution in [2.24, 2.45) is 17.8 Å². The van der Waals surface area contributed by atoms with Crippen molar-refractivity contribution in [1.29, 1.82) is 5.41 Å². The molecule has 0 bridgehead atoms. The van der Waals surface area contributed by atoms with E-state index >= 15 is 0 Å². The maximum absolute atomic E-state index is 13.6. The van der Waals surface area contributed by atoms with E-state index in [4.69, 9.17) is 15.1 Å². The third kappa shape index (κ3) is 11.0. The summed E-state index contributed by atoms with van der Waals surface area (Å²) in [6.07, 6.45) is 3.96. The van der Waals surface area contributed by atoms with Gasteiger partial charge in [-0.2, -0.15) is 0 Å². The van der Waals surface area contributed by atoms with E-state index in [1.807, 2.05) is 84.6 Å². The second-order valence-electron chi connectivity index (χ2n) is 18.6. The van der Waals surface area contributed by atoms with Crippen LogP contribution in [0, 0.1) is 30.1 Å². The number of nitrogens with one attached hydrogen (secondary N) is 5. The van der Waals surface area contributed by atoms with Crippen molar-refractivity contribution >= 4 is 79.2 Å². The quantitative estimate of drug-likeness (QED) is 0.0398. The number of aromatic nitrogens is 2. The lowest BCUT2D eigenvalue weighted by Gasteiger charge is -2.34. The van der Waals surface area contributed by atoms with Crippen LogP contribution >= 0.6 is 11.3 Å². The van der Waals surface area contributed by atoms with E-state index < -0.39 is 17.8 Å². The number of rotatable bonds is 16. The zero-order chi connectivity index (χ0) is 49.8. The number of hydrogen-bond donors (Lipinski definition) is 6. The number of carbonyl (C=O) groups is 5. The van der Waals surface area contributed by atoms with E-state index in [9.17, 15) is 29.1 Å². The van der Waals surface area contributed by atoms with Gasteiger partial charge in [-0.1, -0.05) is 48.6 Å². The molecular weight excluding hydrogens is 919 g/mol. The number of carboxylic acids is 1. The lowest BCUT2D eigenvalue weighted by molar-refractivity contribution is -0.134. The smallest absolute Gasteiger partial charge is 0.355 e. The van der Waals surface area contributed by atoms with E-state index in [0.717, 1.165) is 64.8 Å². The third-order valence-electron chi connectivity index (χ3n) is 14.0. The van der Waals surface area contributed by atoms with Crippen molar-refractivity contribution in [2.75, 3.05) is 60.7 Å². The van der Waals surface area contributed by atoms with Gasteiger partial charge >= 0.3 is 5.97 Å². The number of benzene rings is 4. The molecule has 2 atom stereocenters. The van der Waals surface area contributed by atoms with Gasteiger partial charge in [0.15, 0.2) is 10.8 Å². The summed E-state index contributed by atoms with van der Waals surface area (Å²) in [6, 6.07) is 28.1. The summed E-state index contributed by atoms with van der Waals surface area (Å²) in [6.45, 7) is 7.61. The number of carbonyl (C=O) groups excluding carboxylic acids is 4. The fraction of sp³-hybridized carbons (Fsp3) is 0.333. The molecule has 1 unspecified atom stereocenters. The van der Waals surface area contributed by atoms with Crippen LogP contribution in [0.1, 0.15) is 82.1 Å². The van der Waals surface area contributed by atoms with Gasteiger partial charge in [-0.15, -0.1) is 0 Å². The number of amides is 4. The van der Waals surface area contributed by atoms with Crippen molar-refractivity contribution in [2.45, 2.75) is 58.9 Å². The second kappa shape index (κ2) is 21.2. The number of imide groups is 1. The molecule has 4 aromatic carbocycles. The predicted octanol–water partition coefficient (Wildman–Crippen LogP) is 8.40. The summed E-state index contributed by atoms with van der Waals surface area (Å²) in [4.78, 5) is 76.9. The Morgan fingerprint density at radius 1 is 0.901 bits per heavy atom. The third-order valence-corrected chi connectivity index (χ3v) is 15.0. The Morgan fingerprint density at radius 2 is 1.70 bits per heavy atom. The number of aromatic carboxylic acids is 1. The van der Waals surface area contributed by atoms with Gasteiger partial charge in [0.2, 0.25) is 17.7 Å². The molecule has 2 fully saturated rings. The number of para-hydroxylation sites is 1. The van der Waals surface area contributed by atoms with Crippen LogP contribution in [-0.2, 0) is 27.3 Å². The molecule has 9 rings (SSSR count). The summed E-state index contributed by atoms with van der Waals surface area (Å²) in [5, 5.41) is 31.0. The summed E-state index contributed by atoms with van der Waals surface area (Å²) in [5.41, 5.74) is 7.29. The van der Waals surface area contributed by atoms with Gasteiger partial charge in [-0.05, 0) is 147 Å². The number of fused-ring (bicyclic) bond motifs is 2. The largest absolute Gasteiger partial charge is 0.494 e. The van der Waals surface area contributed by atoms with Crippen LogP contribution in [0.3, 0.4) is 0 Å². The van der Waals surface area contributed by atoms with Gasteiger partial charge in [0.25, 0.3) is 5.91 Å². The highest BCUT2D eigenvalue weighted by atomic mass is 32.1. The van der Waals surface area contributed by atoms with Crippen molar-refractivity contribution < 1.29 is 33.8 Å². The fourth-order valence-corrected chi connectivity index (χ4v) is 10.9. The van der Waals surface area contributed by atoms with Gasteiger partial charge in [0, 0.05) is 54.6 Å². The normalized spacial score (nSPS) is 16.7. The number of ether oxygens (including phenoxy) is 1. The minimum absolute atomic E-state index is 0.0477. The number of carboxylic acid groups (broad SMARTS) is 1. The molecule has 0 saturated carbocycles. The predicted molar refractivity (Wildman–Crippen MR) is 276 cm³/mol. The number of pyridine rings is 1. The Labute approximate surface area is 415 Å². The maximum atomic E-state index is 13.6. The summed E-state index contributed by atoms with van der Waals surface area (Å²) >= 11 is 1.42. The highest BCUT2D eigenvalue weighted by molar-refractivity contribution is 7.22. The molecule has 71 heavy (non-hydrogen) atoms. The Hall–Kier alpha value is -7.50. The standard InChI is InChI=1S/C54H57N9O7S/c1-31(33-19-23-62(24-20-33)30-48(65)57-35-11-13-40(44(28-35)56-3)49(55)41-16-18-47(64)60-52(41)67)22-26-70-36-12-14-37(32(2)27-36)38-15-17-46(59-50(38)53(68)69)63-25-21-34-7-6-8-39(42(34)29-63)51(66)61-54-58-43-9-4-5-10-45(43)71-54/h4-15,17,27-28,31,33,41,55-56H,16,18-26,29-30H2,1-3H3,(H,57,65)(H,68,69)(H,58,61,66)(H,60,64,67)/t31-,41?/m0/s1. The number of piperidine rings is 2. The number of hydrogen-bond acceptors (Lipinski definition) is 13. The molecular formula is C54H57N9O7S. The first kappa shape index (κ1) is 48.5. The molecule has 2 aromatic heterocycles. The van der Waals surface area contributed by atoms with Crippen molar-refractivity contribution in [3.8, 4) is 16.9 Å². The number of nitrogens with zero attached hydrogens (tertiary/aromatic N) is 4. The Balaban J connectivity index is 0.750. The van der Waals surface area contributed by atoms with Crippen LogP contribution in [0.15, 0.2) is 91.0 Å². The summed E-state index contributed by atoms with van der Waals surface area (Å²) < 4.78 is 7.23. The highest BCUT2D eigenvalue weighted by Crippen LogP contribution is 2.35. The van der Waals surface area contributed by atoms with Crippen LogP contribution in [0.25, 0.3) is 21.3 Å². The van der Waals surface area contributed by atoms with E-state index in [0.29, 0.717) is 82.7 Å². The minimum atomic E-state index is -1.13. The van der Waals surface area contributed by atoms with Crippen molar-refractivity contribution in [3.63, 3.8) is 0 Å². The van der Waals surface area contributed by atoms with Gasteiger partial charge in [0.1, 0.15) is 11.6 Å². The molecule has 17 heteroatoms. The van der Waals surface area contributed by atoms with Gasteiger partial charge in [-0.3, -0.25) is 34.7 Å². The molecule has 366 valence electrons. The van der Waals surface area contributed by atoms with Crippen molar-refractivity contribution in [1.82, 2.24) is 20.2 Å². The van der Waals surface area contributed by atoms with Crippen molar-refractivity contribution in [3.05, 3.63) is 125 Å². The first-order valence-electron chi connectivity index (χ1n) is 24.1. The van der Waals surface area contributed by atoms with Crippen LogP contribution < -0.4 is 30.9 Å². The van der Waals surface area contributed by atoms with E-state index in [1.165, 1.54) is 11.3 Å². The molecule has 16 nitrogen and oxygen atoms in total. The minimum Gasteiger partial charge on any atom is -0.494 e. The van der Waals surface area contributed by atoms with Gasteiger partial charge in [0.05, 0.1) is 35.0 Å². The molecule has 0 radical (unpaired) electrons. The molecule has 5 heterocycles. The SMILES string of the molecule is CNc1cc(NC(=O)CN2CCC([C@@H](C)CCOc3ccc(-c4ccc(N5CCc6cccc(C(=O)Nc7nc8ccccc8s7)c6C5)nc4C(=O)O)c(C)c3)CC2)ccc1C(=N)C1CCC(=O)NC1=O. The summed E-state index contributed by atoms with van der Waals surface area (Å²) in [7, 11) is 1.72. The Morgan fingerprint density at radius 3 is 2.46 bits per heavy atom. The lowest BCUT2D eigenvalue weighted by Crippen LogP contribution is -2.44. The maximum Gasteiger partial charge on any atom is 0.355 e. The molecule has 4 amide bonds. The summed E-state index contributed by atoms with van der Waals surface area (Å²) in [5.74, 6) is -0.857. The molecule has 6 N–H and O–H groups in total. The van der Waals surface area contributed by atoms with Crippen LogP contribution in [0.5, 0.6) is 5.75 Å². The fourth-order valence-electron chi connectivity index (χ4n) is 10.0. The Bertz CT molecular complexity index is 3020. The Kier molecular flexibility index (Phi) is 14.5. The second-order valence-corrected chi connectivity index (χ2v) is 19.6. The van der Waals surface area contributed by atoms with E-state index in [2.05, 4.69) is 38.1 Å². The van der Waals surface area contributed by atoms with Gasteiger partial charge < -0.3 is 30.8 Å². The van der Waals surface area contributed by atoms with E-state index in [-0.39, 0.29) is 48.5 Å². The topological polar surface area (TPSA) is 219 Å². The molecule has 3 aliphatic rings. The molecule has 3 aliphatic heterocycles. The molecule has 2 saturated heterocycles. The van der Waals surface area contributed by atoms with Crippen LogP contribution in [0.4, 0.5) is 22.3 Å². The van der Waals surface area contributed by atoms with E-state index in [1.54, 1.807) is 25.2 Å². The molecule has 6 aromatic rings. The first-order valence-corrected chi connectivity index (χ1v) is 24.9. The molecule has 0 aliphatic carbocycles. The zero-order valence-electron chi connectivity index (χ0n) is 40.0. The van der Waals surface area contributed by atoms with Crippen LogP contribution in [0.2, 0.25) is 0 Å². The average molecular weight is 976 g/mol. The highest BCUT2D eigenvalue weighted by Gasteiger charge is 2.32. The van der Waals surface area contributed by atoms with Gasteiger partial charge in [-0.25, -0.2) is 14.8 Å².